The predicted octanol–water partition coefficient (Wildman–Crippen LogP) is 1.88. The molecular weight excluding hydrogens is 170 g/mol. The van der Waals surface area contributed by atoms with Gasteiger partial charge < -0.3 is 10.5 Å². The highest BCUT2D eigenvalue weighted by atomic mass is 32.2. The zero-order valence-electron chi connectivity index (χ0n) is 7.33. The van der Waals surface area contributed by atoms with Gasteiger partial charge >= 0.3 is 0 Å². The van der Waals surface area contributed by atoms with E-state index in [1.807, 2.05) is 18.4 Å². The van der Waals surface area contributed by atoms with E-state index in [2.05, 4.69) is 6.07 Å². The Bertz CT molecular complexity index is 240. The van der Waals surface area contributed by atoms with E-state index in [0.29, 0.717) is 6.54 Å². The summed E-state index contributed by atoms with van der Waals surface area (Å²) in [7, 11) is 1.67. The Morgan fingerprint density at radius 2 is 2.25 bits per heavy atom. The van der Waals surface area contributed by atoms with Gasteiger partial charge in [0.1, 0.15) is 5.75 Å². The molecule has 2 nitrogen and oxygen atoms in total. The molecule has 12 heavy (non-hydrogen) atoms. The Balaban J connectivity index is 3.13. The van der Waals surface area contributed by atoms with E-state index in [0.717, 1.165) is 11.3 Å². The first-order chi connectivity index (χ1) is 5.83. The topological polar surface area (TPSA) is 35.2 Å². The lowest BCUT2D eigenvalue weighted by molar-refractivity contribution is 0.408. The van der Waals surface area contributed by atoms with Gasteiger partial charge in [-0.05, 0) is 18.4 Å². The molecule has 0 aliphatic carbocycles. The smallest absolute Gasteiger partial charge is 0.124 e. The minimum Gasteiger partial charge on any atom is -0.496 e. The van der Waals surface area contributed by atoms with Crippen LogP contribution in [-0.2, 0) is 6.54 Å². The Labute approximate surface area is 77.1 Å². The molecule has 0 fully saturated rings. The highest BCUT2D eigenvalue weighted by molar-refractivity contribution is 7.98. The molecule has 0 saturated heterocycles. The van der Waals surface area contributed by atoms with Crippen LogP contribution in [0.5, 0.6) is 5.75 Å². The highest BCUT2D eigenvalue weighted by Crippen LogP contribution is 2.27. The van der Waals surface area contributed by atoms with E-state index in [-0.39, 0.29) is 0 Å². The van der Waals surface area contributed by atoms with Gasteiger partial charge in [0.05, 0.1) is 7.11 Å². The van der Waals surface area contributed by atoms with Crippen LogP contribution in [0.4, 0.5) is 0 Å². The first kappa shape index (κ1) is 9.42. The fourth-order valence-electron chi connectivity index (χ4n) is 1.13. The van der Waals surface area contributed by atoms with Gasteiger partial charge in [0, 0.05) is 17.0 Å². The van der Waals surface area contributed by atoms with Crippen molar-refractivity contribution in [1.29, 1.82) is 0 Å². The number of thioether (sulfide) groups is 1. The molecule has 0 bridgehead atoms. The van der Waals surface area contributed by atoms with Crippen LogP contribution in [0.2, 0.25) is 0 Å². The van der Waals surface area contributed by atoms with E-state index in [1.54, 1.807) is 18.9 Å². The van der Waals surface area contributed by atoms with Crippen LogP contribution in [0, 0.1) is 0 Å². The van der Waals surface area contributed by atoms with Crippen LogP contribution in [-0.4, -0.2) is 13.4 Å². The summed E-state index contributed by atoms with van der Waals surface area (Å²) in [6.07, 6.45) is 2.04. The number of hydrogen-bond acceptors (Lipinski definition) is 3. The van der Waals surface area contributed by atoms with Crippen molar-refractivity contribution in [3.05, 3.63) is 23.8 Å². The van der Waals surface area contributed by atoms with Gasteiger partial charge in [-0.15, -0.1) is 11.8 Å². The molecule has 0 atom stereocenters. The number of hydrogen-bond donors (Lipinski definition) is 1. The molecule has 0 aromatic heterocycles. The normalized spacial score (nSPS) is 9.92. The number of methoxy groups -OCH3 is 1. The maximum atomic E-state index is 5.61. The van der Waals surface area contributed by atoms with E-state index < -0.39 is 0 Å². The molecule has 0 aliphatic heterocycles. The second kappa shape index (κ2) is 4.38. The summed E-state index contributed by atoms with van der Waals surface area (Å²) in [6.45, 7) is 0.528. The molecule has 0 aliphatic rings. The van der Waals surface area contributed by atoms with Crippen molar-refractivity contribution in [2.24, 2.45) is 5.73 Å². The molecule has 0 amide bonds. The molecule has 0 radical (unpaired) electrons. The third-order valence-corrected chi connectivity index (χ3v) is 2.56. The van der Waals surface area contributed by atoms with Crippen molar-refractivity contribution >= 4 is 11.8 Å². The monoisotopic (exact) mass is 183 g/mol. The number of benzene rings is 1. The van der Waals surface area contributed by atoms with Gasteiger partial charge in [-0.1, -0.05) is 6.07 Å². The van der Waals surface area contributed by atoms with Crippen molar-refractivity contribution in [1.82, 2.24) is 0 Å². The largest absolute Gasteiger partial charge is 0.496 e. The lowest BCUT2D eigenvalue weighted by Gasteiger charge is -2.09. The summed E-state index contributed by atoms with van der Waals surface area (Å²) in [5.41, 5.74) is 6.70. The van der Waals surface area contributed by atoms with Crippen LogP contribution in [0.1, 0.15) is 5.56 Å². The van der Waals surface area contributed by atoms with E-state index in [4.69, 9.17) is 10.5 Å². The van der Waals surface area contributed by atoms with Crippen LogP contribution in [0.25, 0.3) is 0 Å². The first-order valence-electron chi connectivity index (χ1n) is 3.73. The molecule has 1 aromatic rings. The van der Waals surface area contributed by atoms with Gasteiger partial charge in [0.25, 0.3) is 0 Å². The standard InChI is InChI=1S/C9H13NOS/c1-11-8-4-3-5-9(12-2)7(8)6-10/h3-5H,6,10H2,1-2H3. The zero-order chi connectivity index (χ0) is 8.97. The summed E-state index contributed by atoms with van der Waals surface area (Å²) in [5.74, 6) is 0.879. The van der Waals surface area contributed by atoms with Gasteiger partial charge in [0.2, 0.25) is 0 Å². The average Bonchev–Trinajstić information content (AvgIpc) is 2.16. The van der Waals surface area contributed by atoms with Crippen LogP contribution in [0.3, 0.4) is 0 Å². The fraction of sp³-hybridized carbons (Fsp3) is 0.333. The minimum atomic E-state index is 0.528. The van der Waals surface area contributed by atoms with Crippen LogP contribution in [0.15, 0.2) is 23.1 Å². The predicted molar refractivity (Wildman–Crippen MR) is 52.7 cm³/mol. The SMILES string of the molecule is COc1cccc(SC)c1CN. The third-order valence-electron chi connectivity index (χ3n) is 1.73. The van der Waals surface area contributed by atoms with Crippen molar-refractivity contribution in [2.45, 2.75) is 11.4 Å². The molecule has 66 valence electrons. The van der Waals surface area contributed by atoms with Crippen molar-refractivity contribution in [3.63, 3.8) is 0 Å². The molecular formula is C9H13NOS. The lowest BCUT2D eigenvalue weighted by Crippen LogP contribution is -2.01. The van der Waals surface area contributed by atoms with Crippen molar-refractivity contribution < 1.29 is 4.74 Å². The fourth-order valence-corrected chi connectivity index (χ4v) is 1.77. The summed E-state index contributed by atoms with van der Waals surface area (Å²) >= 11 is 1.69. The summed E-state index contributed by atoms with van der Waals surface area (Å²) in [6, 6.07) is 5.96. The minimum absolute atomic E-state index is 0.528. The molecule has 1 aromatic carbocycles. The van der Waals surface area contributed by atoms with Gasteiger partial charge in [0.15, 0.2) is 0 Å². The third kappa shape index (κ3) is 1.73. The highest BCUT2D eigenvalue weighted by Gasteiger charge is 2.04. The zero-order valence-corrected chi connectivity index (χ0v) is 8.15. The van der Waals surface area contributed by atoms with E-state index in [1.165, 1.54) is 4.90 Å². The Morgan fingerprint density at radius 1 is 1.50 bits per heavy atom. The summed E-state index contributed by atoms with van der Waals surface area (Å²) < 4.78 is 5.19. The maximum absolute atomic E-state index is 5.61. The Hall–Kier alpha value is -0.670. The van der Waals surface area contributed by atoms with Crippen molar-refractivity contribution in [2.75, 3.05) is 13.4 Å². The van der Waals surface area contributed by atoms with E-state index in [9.17, 15) is 0 Å². The first-order valence-corrected chi connectivity index (χ1v) is 4.96. The number of nitrogens with two attached hydrogens (primary N) is 1. The van der Waals surface area contributed by atoms with Gasteiger partial charge in [-0.3, -0.25) is 0 Å². The average molecular weight is 183 g/mol. The second-order valence-corrected chi connectivity index (χ2v) is 3.19. The van der Waals surface area contributed by atoms with Gasteiger partial charge in [-0.25, -0.2) is 0 Å². The molecule has 0 unspecified atom stereocenters. The van der Waals surface area contributed by atoms with Crippen LogP contribution >= 0.6 is 11.8 Å². The number of rotatable bonds is 3. The maximum Gasteiger partial charge on any atom is 0.124 e. The molecule has 1 rings (SSSR count). The lowest BCUT2D eigenvalue weighted by atomic mass is 10.2. The molecule has 3 heteroatoms. The Morgan fingerprint density at radius 3 is 2.75 bits per heavy atom. The Kier molecular flexibility index (Phi) is 3.44. The second-order valence-electron chi connectivity index (χ2n) is 2.35. The van der Waals surface area contributed by atoms with Crippen molar-refractivity contribution in [3.8, 4) is 5.75 Å². The molecule has 2 N–H and O–H groups in total. The molecule has 0 saturated carbocycles. The van der Waals surface area contributed by atoms with E-state index >= 15 is 0 Å². The quantitative estimate of drug-likeness (QED) is 0.727. The molecule has 0 spiro atoms. The van der Waals surface area contributed by atoms with Gasteiger partial charge in [-0.2, -0.15) is 0 Å². The molecule has 0 heterocycles. The number of ether oxygens (including phenoxy) is 1. The van der Waals surface area contributed by atoms with Crippen LogP contribution < -0.4 is 10.5 Å². The summed E-state index contributed by atoms with van der Waals surface area (Å²) in [5, 5.41) is 0. The summed E-state index contributed by atoms with van der Waals surface area (Å²) in [4.78, 5) is 1.19.